The van der Waals surface area contributed by atoms with E-state index in [1.54, 1.807) is 11.3 Å². The molecule has 2 aromatic heterocycles. The highest BCUT2D eigenvalue weighted by molar-refractivity contribution is 7.80. The van der Waals surface area contributed by atoms with Gasteiger partial charge in [0.2, 0.25) is 0 Å². The van der Waals surface area contributed by atoms with Gasteiger partial charge in [-0.05, 0) is 38.3 Å². The van der Waals surface area contributed by atoms with Crippen molar-refractivity contribution in [3.63, 3.8) is 0 Å². The molecule has 2 rings (SSSR count). The van der Waals surface area contributed by atoms with Gasteiger partial charge in [0.15, 0.2) is 0 Å². The number of aromatic nitrogens is 1. The number of nitrogens with two attached hydrogens (primary N) is 1. The Morgan fingerprint density at radius 2 is 2.15 bits per heavy atom. The molecule has 106 valence electrons. The van der Waals surface area contributed by atoms with Crippen molar-refractivity contribution in [3.8, 4) is 0 Å². The average molecular weight is 305 g/mol. The molecule has 0 amide bonds. The molecule has 5 heteroatoms. The van der Waals surface area contributed by atoms with Gasteiger partial charge in [-0.1, -0.05) is 18.3 Å². The summed E-state index contributed by atoms with van der Waals surface area (Å²) in [6, 6.07) is 6.53. The molecule has 2 heterocycles. The number of hydrogen-bond acceptors (Lipinski definition) is 4. The first-order chi connectivity index (χ1) is 9.41. The molecule has 0 radical (unpaired) electrons. The second-order valence-electron chi connectivity index (χ2n) is 4.91. The lowest BCUT2D eigenvalue weighted by molar-refractivity contribution is 0.751. The fraction of sp³-hybridized carbons (Fsp3) is 0.333. The first-order valence-electron chi connectivity index (χ1n) is 6.46. The fourth-order valence-electron chi connectivity index (χ4n) is 2.32. The molecule has 0 aliphatic heterocycles. The van der Waals surface area contributed by atoms with Crippen LogP contribution in [0.3, 0.4) is 0 Å². The Morgan fingerprint density at radius 1 is 1.45 bits per heavy atom. The standard InChI is InChI=1S/C15H19N3S2/c1-9-8-12(14(15(16)19)10(2)17-9)18(4)11(3)13-6-5-7-20-13/h5-8,11H,1-4H3,(H2,16,19). The molecule has 0 saturated carbocycles. The quantitative estimate of drug-likeness (QED) is 0.877. The first kappa shape index (κ1) is 14.9. The highest BCUT2D eigenvalue weighted by atomic mass is 32.1. The van der Waals surface area contributed by atoms with Crippen LogP contribution >= 0.6 is 23.6 Å². The Hall–Kier alpha value is -1.46. The number of thiophene rings is 1. The molecule has 1 atom stereocenters. The third-order valence-corrected chi connectivity index (χ3v) is 4.72. The van der Waals surface area contributed by atoms with Crippen LogP contribution in [-0.4, -0.2) is 17.0 Å². The molecule has 20 heavy (non-hydrogen) atoms. The Kier molecular flexibility index (Phi) is 4.40. The van der Waals surface area contributed by atoms with Crippen LogP contribution in [0.2, 0.25) is 0 Å². The number of anilines is 1. The van der Waals surface area contributed by atoms with Gasteiger partial charge in [-0.25, -0.2) is 0 Å². The van der Waals surface area contributed by atoms with Crippen molar-refractivity contribution >= 4 is 34.2 Å². The molecule has 0 aromatic carbocycles. The molecular formula is C15H19N3S2. The van der Waals surface area contributed by atoms with Crippen LogP contribution in [0.4, 0.5) is 5.69 Å². The number of nitrogens with zero attached hydrogens (tertiary/aromatic N) is 2. The van der Waals surface area contributed by atoms with E-state index in [1.807, 2.05) is 19.9 Å². The maximum Gasteiger partial charge on any atom is 0.107 e. The number of thiocarbonyl (C=S) groups is 1. The van der Waals surface area contributed by atoms with Crippen LogP contribution in [0.5, 0.6) is 0 Å². The van der Waals surface area contributed by atoms with E-state index in [0.29, 0.717) is 4.99 Å². The van der Waals surface area contributed by atoms with Crippen LogP contribution in [0, 0.1) is 13.8 Å². The van der Waals surface area contributed by atoms with Gasteiger partial charge in [-0.15, -0.1) is 11.3 Å². The smallest absolute Gasteiger partial charge is 0.107 e. The number of aryl methyl sites for hydroxylation is 2. The third-order valence-electron chi connectivity index (χ3n) is 3.47. The second-order valence-corrected chi connectivity index (χ2v) is 6.33. The Bertz CT molecular complexity index is 620. The van der Waals surface area contributed by atoms with Gasteiger partial charge in [0.05, 0.1) is 17.3 Å². The normalized spacial score (nSPS) is 12.2. The van der Waals surface area contributed by atoms with E-state index in [0.717, 1.165) is 22.6 Å². The summed E-state index contributed by atoms with van der Waals surface area (Å²) in [7, 11) is 2.07. The highest BCUT2D eigenvalue weighted by Crippen LogP contribution is 2.31. The Labute approximate surface area is 129 Å². The van der Waals surface area contributed by atoms with Gasteiger partial charge in [-0.2, -0.15) is 0 Å². The monoisotopic (exact) mass is 305 g/mol. The second kappa shape index (κ2) is 5.89. The lowest BCUT2D eigenvalue weighted by Gasteiger charge is -2.29. The molecular weight excluding hydrogens is 286 g/mol. The number of pyridine rings is 1. The fourth-order valence-corrected chi connectivity index (χ4v) is 3.40. The van der Waals surface area contributed by atoms with E-state index in [2.05, 4.69) is 41.4 Å². The zero-order valence-corrected chi connectivity index (χ0v) is 13.8. The Balaban J connectivity index is 2.48. The molecule has 2 N–H and O–H groups in total. The van der Waals surface area contributed by atoms with Crippen molar-refractivity contribution in [2.45, 2.75) is 26.8 Å². The van der Waals surface area contributed by atoms with Gasteiger partial charge in [0.1, 0.15) is 4.99 Å². The molecule has 3 nitrogen and oxygen atoms in total. The Morgan fingerprint density at radius 3 is 2.70 bits per heavy atom. The summed E-state index contributed by atoms with van der Waals surface area (Å²) >= 11 is 6.96. The predicted octanol–water partition coefficient (Wildman–Crippen LogP) is 3.59. The van der Waals surface area contributed by atoms with Crippen molar-refractivity contribution in [3.05, 3.63) is 45.4 Å². The molecule has 0 aliphatic rings. The van der Waals surface area contributed by atoms with Crippen LogP contribution in [0.25, 0.3) is 0 Å². The van der Waals surface area contributed by atoms with Crippen molar-refractivity contribution in [1.82, 2.24) is 4.98 Å². The minimum atomic E-state index is 0.268. The molecule has 0 aliphatic carbocycles. The van der Waals surface area contributed by atoms with E-state index in [-0.39, 0.29) is 6.04 Å². The maximum absolute atomic E-state index is 5.89. The molecule has 0 bridgehead atoms. The lowest BCUT2D eigenvalue weighted by atomic mass is 10.1. The molecule has 1 unspecified atom stereocenters. The van der Waals surface area contributed by atoms with Gasteiger partial charge in [-0.3, -0.25) is 4.98 Å². The van der Waals surface area contributed by atoms with E-state index < -0.39 is 0 Å². The predicted molar refractivity (Wildman–Crippen MR) is 90.7 cm³/mol. The highest BCUT2D eigenvalue weighted by Gasteiger charge is 2.19. The zero-order valence-electron chi connectivity index (χ0n) is 12.2. The molecule has 2 aromatic rings. The summed E-state index contributed by atoms with van der Waals surface area (Å²) in [6.07, 6.45) is 0. The minimum absolute atomic E-state index is 0.268. The van der Waals surface area contributed by atoms with E-state index in [9.17, 15) is 0 Å². The van der Waals surface area contributed by atoms with Gasteiger partial charge < -0.3 is 10.6 Å². The molecule has 0 saturated heterocycles. The third kappa shape index (κ3) is 2.83. The minimum Gasteiger partial charge on any atom is -0.389 e. The SMILES string of the molecule is Cc1cc(N(C)C(C)c2cccs2)c(C(N)=S)c(C)n1. The number of rotatable bonds is 4. The van der Waals surface area contributed by atoms with Gasteiger partial charge in [0.25, 0.3) is 0 Å². The van der Waals surface area contributed by atoms with Gasteiger partial charge >= 0.3 is 0 Å². The summed E-state index contributed by atoms with van der Waals surface area (Å²) in [5.74, 6) is 0. The van der Waals surface area contributed by atoms with Crippen molar-refractivity contribution in [1.29, 1.82) is 0 Å². The average Bonchev–Trinajstić information content (AvgIpc) is 2.89. The summed E-state index contributed by atoms with van der Waals surface area (Å²) in [5.41, 5.74) is 9.67. The maximum atomic E-state index is 5.89. The van der Waals surface area contributed by atoms with Crippen molar-refractivity contribution in [2.24, 2.45) is 5.73 Å². The summed E-state index contributed by atoms with van der Waals surface area (Å²) in [5, 5.41) is 2.09. The van der Waals surface area contributed by atoms with Crippen LogP contribution in [0.1, 0.15) is 34.8 Å². The largest absolute Gasteiger partial charge is 0.389 e. The number of hydrogen-bond donors (Lipinski definition) is 1. The lowest BCUT2D eigenvalue weighted by Crippen LogP contribution is -2.26. The van der Waals surface area contributed by atoms with Crippen molar-refractivity contribution in [2.75, 3.05) is 11.9 Å². The summed E-state index contributed by atoms with van der Waals surface area (Å²) in [4.78, 5) is 8.39. The van der Waals surface area contributed by atoms with Gasteiger partial charge in [0, 0.05) is 23.3 Å². The topological polar surface area (TPSA) is 42.1 Å². The summed E-state index contributed by atoms with van der Waals surface area (Å²) in [6.45, 7) is 6.12. The van der Waals surface area contributed by atoms with Crippen LogP contribution < -0.4 is 10.6 Å². The molecule has 0 fully saturated rings. The van der Waals surface area contributed by atoms with Crippen LogP contribution in [-0.2, 0) is 0 Å². The van der Waals surface area contributed by atoms with E-state index in [1.165, 1.54) is 4.88 Å². The summed E-state index contributed by atoms with van der Waals surface area (Å²) < 4.78 is 0. The van der Waals surface area contributed by atoms with E-state index in [4.69, 9.17) is 18.0 Å². The van der Waals surface area contributed by atoms with E-state index >= 15 is 0 Å². The zero-order chi connectivity index (χ0) is 14.9. The van der Waals surface area contributed by atoms with Crippen molar-refractivity contribution < 1.29 is 0 Å². The van der Waals surface area contributed by atoms with Crippen LogP contribution in [0.15, 0.2) is 23.6 Å². The molecule has 0 spiro atoms. The first-order valence-corrected chi connectivity index (χ1v) is 7.75.